The van der Waals surface area contributed by atoms with Gasteiger partial charge in [-0.3, -0.25) is 14.5 Å². The van der Waals surface area contributed by atoms with Gasteiger partial charge in [-0.05, 0) is 67.8 Å². The number of hydrogen-bond acceptors (Lipinski definition) is 6. The van der Waals surface area contributed by atoms with E-state index in [2.05, 4.69) is 5.32 Å². The highest BCUT2D eigenvalue weighted by molar-refractivity contribution is 6.11. The van der Waals surface area contributed by atoms with Gasteiger partial charge >= 0.3 is 0 Å². The predicted molar refractivity (Wildman–Crippen MR) is 148 cm³/mol. The molecular weight excluding hydrogens is 496 g/mol. The van der Waals surface area contributed by atoms with Crippen LogP contribution in [0.4, 0.5) is 5.69 Å². The number of benzene rings is 3. The minimum Gasteiger partial charge on any atom is -0.508 e. The fourth-order valence-electron chi connectivity index (χ4n) is 5.22. The van der Waals surface area contributed by atoms with Gasteiger partial charge in [0.05, 0.1) is 12.3 Å². The van der Waals surface area contributed by atoms with E-state index in [1.165, 1.54) is 17.0 Å². The third-order valence-electron chi connectivity index (χ3n) is 7.10. The summed E-state index contributed by atoms with van der Waals surface area (Å²) < 4.78 is 17.3. The lowest BCUT2D eigenvalue weighted by atomic mass is 9.94. The molecule has 2 aliphatic rings. The van der Waals surface area contributed by atoms with E-state index in [0.29, 0.717) is 53.9 Å². The Morgan fingerprint density at radius 2 is 1.69 bits per heavy atom. The van der Waals surface area contributed by atoms with Gasteiger partial charge in [0.25, 0.3) is 5.91 Å². The van der Waals surface area contributed by atoms with Crippen LogP contribution in [0.5, 0.6) is 23.0 Å². The average Bonchev–Trinajstić information content (AvgIpc) is 2.97. The summed E-state index contributed by atoms with van der Waals surface area (Å²) in [6, 6.07) is 17.7. The molecule has 8 nitrogen and oxygen atoms in total. The van der Waals surface area contributed by atoms with Crippen molar-refractivity contribution < 1.29 is 28.9 Å². The normalized spacial score (nSPS) is 15.7. The molecule has 1 heterocycles. The van der Waals surface area contributed by atoms with Crippen LogP contribution in [-0.2, 0) is 4.79 Å². The molecule has 1 atom stereocenters. The van der Waals surface area contributed by atoms with Crippen molar-refractivity contribution in [2.24, 2.45) is 0 Å². The number of anilines is 1. The number of fused-ring (bicyclic) bond motifs is 1. The molecule has 1 aliphatic heterocycles. The number of hydrogen-bond donors (Lipinski definition) is 2. The van der Waals surface area contributed by atoms with Gasteiger partial charge in [0.1, 0.15) is 30.8 Å². The van der Waals surface area contributed by atoms with Gasteiger partial charge in [-0.2, -0.15) is 0 Å². The maximum Gasteiger partial charge on any atom is 0.259 e. The highest BCUT2D eigenvalue weighted by Crippen LogP contribution is 2.38. The summed E-state index contributed by atoms with van der Waals surface area (Å²) in [6.07, 6.45) is 5.08. The fourth-order valence-corrected chi connectivity index (χ4v) is 5.22. The molecule has 0 aromatic heterocycles. The summed E-state index contributed by atoms with van der Waals surface area (Å²) in [6.45, 7) is 3.10. The first kappa shape index (κ1) is 26.4. The van der Waals surface area contributed by atoms with E-state index in [9.17, 15) is 14.7 Å². The van der Waals surface area contributed by atoms with Gasteiger partial charge in [-0.25, -0.2) is 0 Å². The van der Waals surface area contributed by atoms with Crippen molar-refractivity contribution >= 4 is 17.5 Å². The molecule has 8 heteroatoms. The second kappa shape index (κ2) is 12.1. The molecule has 39 heavy (non-hydrogen) atoms. The van der Waals surface area contributed by atoms with Crippen LogP contribution >= 0.6 is 0 Å². The molecule has 1 fully saturated rings. The van der Waals surface area contributed by atoms with Crippen LogP contribution in [0.15, 0.2) is 66.7 Å². The summed E-state index contributed by atoms with van der Waals surface area (Å²) in [5, 5.41) is 13.2. The van der Waals surface area contributed by atoms with Gasteiger partial charge in [0.15, 0.2) is 11.5 Å². The Morgan fingerprint density at radius 3 is 2.44 bits per heavy atom. The van der Waals surface area contributed by atoms with Crippen molar-refractivity contribution in [2.45, 2.75) is 51.1 Å². The molecule has 5 rings (SSSR count). The second-order valence-corrected chi connectivity index (χ2v) is 9.77. The number of para-hydroxylation sites is 2. The van der Waals surface area contributed by atoms with Gasteiger partial charge in [0, 0.05) is 11.6 Å². The minimum absolute atomic E-state index is 0.0410. The number of nitrogens with one attached hydrogen (secondary N) is 1. The highest BCUT2D eigenvalue weighted by Gasteiger charge is 2.36. The minimum atomic E-state index is -1.02. The zero-order valence-corrected chi connectivity index (χ0v) is 22.1. The molecule has 0 spiro atoms. The molecule has 3 aromatic carbocycles. The quantitative estimate of drug-likeness (QED) is 0.405. The summed E-state index contributed by atoms with van der Waals surface area (Å²) in [5.74, 6) is 0.938. The van der Waals surface area contributed by atoms with Crippen LogP contribution in [0.2, 0.25) is 0 Å². The van der Waals surface area contributed by atoms with E-state index in [-0.39, 0.29) is 17.7 Å². The molecule has 204 valence electrons. The number of carbonyl (C=O) groups is 2. The third-order valence-corrected chi connectivity index (χ3v) is 7.10. The number of carbonyl (C=O) groups excluding carboxylic acids is 2. The van der Waals surface area contributed by atoms with E-state index in [1.54, 1.807) is 42.5 Å². The smallest absolute Gasteiger partial charge is 0.259 e. The van der Waals surface area contributed by atoms with Crippen molar-refractivity contribution in [1.29, 1.82) is 0 Å². The van der Waals surface area contributed by atoms with Crippen LogP contribution in [-0.4, -0.2) is 42.8 Å². The van der Waals surface area contributed by atoms with E-state index >= 15 is 0 Å². The first-order valence-electron chi connectivity index (χ1n) is 13.6. The van der Waals surface area contributed by atoms with E-state index < -0.39 is 11.9 Å². The molecule has 1 aliphatic carbocycles. The Kier molecular flexibility index (Phi) is 8.20. The van der Waals surface area contributed by atoms with E-state index in [4.69, 9.17) is 14.2 Å². The van der Waals surface area contributed by atoms with Crippen molar-refractivity contribution in [1.82, 2.24) is 5.32 Å². The van der Waals surface area contributed by atoms with Gasteiger partial charge in [0.2, 0.25) is 5.91 Å². The van der Waals surface area contributed by atoms with Crippen molar-refractivity contribution in [2.75, 3.05) is 24.7 Å². The molecule has 0 saturated heterocycles. The Hall–Kier alpha value is -4.20. The average molecular weight is 531 g/mol. The van der Waals surface area contributed by atoms with E-state index in [1.807, 2.05) is 19.1 Å². The first-order chi connectivity index (χ1) is 19.0. The summed E-state index contributed by atoms with van der Waals surface area (Å²) >= 11 is 0. The van der Waals surface area contributed by atoms with Crippen LogP contribution in [0.3, 0.4) is 0 Å². The second-order valence-electron chi connectivity index (χ2n) is 9.77. The maximum absolute atomic E-state index is 14.4. The molecule has 1 saturated carbocycles. The van der Waals surface area contributed by atoms with Crippen molar-refractivity contribution in [3.05, 3.63) is 77.9 Å². The lowest BCUT2D eigenvalue weighted by Gasteiger charge is -2.34. The van der Waals surface area contributed by atoms with Crippen molar-refractivity contribution in [3.8, 4) is 23.0 Å². The largest absolute Gasteiger partial charge is 0.508 e. The summed E-state index contributed by atoms with van der Waals surface area (Å²) in [7, 11) is 0. The number of aromatic hydroxyl groups is 1. The lowest BCUT2D eigenvalue weighted by Crippen LogP contribution is -2.47. The highest BCUT2D eigenvalue weighted by atomic mass is 16.6. The first-order valence-corrected chi connectivity index (χ1v) is 13.6. The fraction of sp³-hybridized carbons (Fsp3) is 0.355. The monoisotopic (exact) mass is 530 g/mol. The number of amides is 2. The Labute approximate surface area is 228 Å². The van der Waals surface area contributed by atoms with Crippen LogP contribution in [0, 0.1) is 0 Å². The van der Waals surface area contributed by atoms with Gasteiger partial charge < -0.3 is 24.6 Å². The summed E-state index contributed by atoms with van der Waals surface area (Å²) in [4.78, 5) is 30.0. The molecule has 2 amide bonds. The molecule has 0 radical (unpaired) electrons. The Bertz CT molecular complexity index is 1300. The lowest BCUT2D eigenvalue weighted by molar-refractivity contribution is -0.123. The topological polar surface area (TPSA) is 97.3 Å². The Morgan fingerprint density at radius 1 is 0.974 bits per heavy atom. The van der Waals surface area contributed by atoms with Crippen LogP contribution in [0.1, 0.15) is 61.0 Å². The zero-order valence-electron chi connectivity index (χ0n) is 22.1. The third kappa shape index (κ3) is 5.95. The summed E-state index contributed by atoms with van der Waals surface area (Å²) in [5.41, 5.74) is 1.38. The molecule has 0 bridgehead atoms. The SMILES string of the molecule is CCOc1ccccc1N(C(=O)c1ccc2c(c1)OCCO2)[C@H](C(=O)NC1CCCCC1)c1ccc(O)cc1. The van der Waals surface area contributed by atoms with Gasteiger partial charge in [-0.15, -0.1) is 0 Å². The maximum atomic E-state index is 14.4. The number of nitrogens with zero attached hydrogens (tertiary/aromatic N) is 1. The number of phenols is 1. The molecular formula is C31H34N2O6. The van der Waals surface area contributed by atoms with Crippen LogP contribution < -0.4 is 24.4 Å². The Balaban J connectivity index is 1.62. The van der Waals surface area contributed by atoms with E-state index in [0.717, 1.165) is 32.1 Å². The number of rotatable bonds is 8. The predicted octanol–water partition coefficient (Wildman–Crippen LogP) is 5.40. The van der Waals surface area contributed by atoms with Crippen LogP contribution in [0.25, 0.3) is 0 Å². The van der Waals surface area contributed by atoms with Crippen molar-refractivity contribution in [3.63, 3.8) is 0 Å². The number of phenolic OH excluding ortho intramolecular Hbond substituents is 1. The van der Waals surface area contributed by atoms with Gasteiger partial charge in [-0.1, -0.05) is 43.5 Å². The zero-order chi connectivity index (χ0) is 27.2. The molecule has 0 unspecified atom stereocenters. The standard InChI is InChI=1S/C31H34N2O6/c1-2-37-26-11-7-6-10-25(26)33(31(36)22-14-17-27-28(20-22)39-19-18-38-27)29(21-12-15-24(34)16-13-21)30(35)32-23-8-4-3-5-9-23/h6-7,10-17,20,23,29,34H,2-5,8-9,18-19H2,1H3,(H,32,35)/t29-/m0/s1. The number of ether oxygens (including phenoxy) is 3. The molecule has 2 N–H and O–H groups in total. The molecule has 3 aromatic rings.